The summed E-state index contributed by atoms with van der Waals surface area (Å²) < 4.78 is 27.4. The average molecular weight is 374 g/mol. The number of sulfonamides is 1. The zero-order chi connectivity index (χ0) is 14.3. The van der Waals surface area contributed by atoms with Crippen molar-refractivity contribution in [1.82, 2.24) is 9.29 Å². The van der Waals surface area contributed by atoms with Crippen molar-refractivity contribution in [3.8, 4) is 0 Å². The summed E-state index contributed by atoms with van der Waals surface area (Å²) >= 11 is 4.91. The predicted octanol–water partition coefficient (Wildman–Crippen LogP) is 2.23. The van der Waals surface area contributed by atoms with E-state index in [1.807, 2.05) is 11.4 Å². The Bertz CT molecular complexity index is 758. The molecule has 1 aliphatic heterocycles. The molecule has 3 rings (SSSR count). The number of hydrogen-bond donors (Lipinski definition) is 1. The number of fused-ring (bicyclic) bond motifs is 1. The summed E-state index contributed by atoms with van der Waals surface area (Å²) in [6.45, 7) is 0.870. The van der Waals surface area contributed by atoms with Gasteiger partial charge in [0.1, 0.15) is 10.7 Å². The van der Waals surface area contributed by atoms with Gasteiger partial charge in [-0.1, -0.05) is 0 Å². The van der Waals surface area contributed by atoms with Crippen molar-refractivity contribution in [3.05, 3.63) is 38.6 Å². The molecule has 0 aromatic carbocycles. The SMILES string of the molecule is Nc1ncc(Br)cc1S(=O)(=O)N1CCc2sccc2C1. The molecular weight excluding hydrogens is 362 g/mol. The van der Waals surface area contributed by atoms with E-state index < -0.39 is 10.0 Å². The van der Waals surface area contributed by atoms with Gasteiger partial charge in [0.2, 0.25) is 10.0 Å². The molecule has 2 aromatic rings. The third kappa shape index (κ3) is 2.37. The maximum atomic E-state index is 12.7. The Morgan fingerprint density at radius 2 is 2.25 bits per heavy atom. The molecule has 20 heavy (non-hydrogen) atoms. The highest BCUT2D eigenvalue weighted by Crippen LogP contribution is 2.30. The molecule has 2 N–H and O–H groups in total. The van der Waals surface area contributed by atoms with E-state index in [9.17, 15) is 8.42 Å². The smallest absolute Gasteiger partial charge is 0.247 e. The first kappa shape index (κ1) is 14.0. The van der Waals surface area contributed by atoms with Crippen LogP contribution in [0.2, 0.25) is 0 Å². The van der Waals surface area contributed by atoms with E-state index in [1.54, 1.807) is 11.3 Å². The number of thiophene rings is 1. The zero-order valence-electron chi connectivity index (χ0n) is 10.4. The minimum absolute atomic E-state index is 0.0318. The molecule has 0 unspecified atom stereocenters. The van der Waals surface area contributed by atoms with Crippen LogP contribution in [0, 0.1) is 0 Å². The highest BCUT2D eigenvalue weighted by Gasteiger charge is 2.30. The van der Waals surface area contributed by atoms with Crippen molar-refractivity contribution in [2.75, 3.05) is 12.3 Å². The van der Waals surface area contributed by atoms with Gasteiger partial charge in [-0.25, -0.2) is 13.4 Å². The average Bonchev–Trinajstić information content (AvgIpc) is 2.88. The maximum Gasteiger partial charge on any atom is 0.247 e. The third-order valence-corrected chi connectivity index (χ3v) is 6.57. The largest absolute Gasteiger partial charge is 0.383 e. The normalized spacial score (nSPS) is 16.1. The predicted molar refractivity (Wildman–Crippen MR) is 82.0 cm³/mol. The molecule has 0 bridgehead atoms. The first-order valence-corrected chi connectivity index (χ1v) is 9.06. The summed E-state index contributed by atoms with van der Waals surface area (Å²) in [6, 6.07) is 3.48. The van der Waals surface area contributed by atoms with Crippen LogP contribution in [0.25, 0.3) is 0 Å². The Kier molecular flexibility index (Phi) is 3.57. The molecule has 2 aromatic heterocycles. The van der Waals surface area contributed by atoms with E-state index >= 15 is 0 Å². The summed E-state index contributed by atoms with van der Waals surface area (Å²) in [6.07, 6.45) is 2.23. The molecule has 3 heterocycles. The summed E-state index contributed by atoms with van der Waals surface area (Å²) in [5, 5.41) is 2.00. The van der Waals surface area contributed by atoms with Crippen LogP contribution in [0.1, 0.15) is 10.4 Å². The van der Waals surface area contributed by atoms with Gasteiger partial charge >= 0.3 is 0 Å². The Hall–Kier alpha value is -0.960. The number of halogens is 1. The number of anilines is 1. The first-order valence-electron chi connectivity index (χ1n) is 5.95. The highest BCUT2D eigenvalue weighted by molar-refractivity contribution is 9.10. The standard InChI is InChI=1S/C12H12BrN3O2S2/c13-9-5-11(12(14)15-6-9)20(17,18)16-3-1-10-8(7-16)2-4-19-10/h2,4-6H,1,3,7H2,(H2,14,15). The molecule has 1 aliphatic rings. The van der Waals surface area contributed by atoms with Crippen molar-refractivity contribution < 1.29 is 8.42 Å². The number of nitrogen functional groups attached to an aromatic ring is 1. The lowest BCUT2D eigenvalue weighted by Crippen LogP contribution is -2.35. The van der Waals surface area contributed by atoms with E-state index in [0.29, 0.717) is 17.6 Å². The zero-order valence-corrected chi connectivity index (χ0v) is 13.6. The number of nitrogens with two attached hydrogens (primary N) is 1. The van der Waals surface area contributed by atoms with Gasteiger partial charge in [0, 0.05) is 28.6 Å². The summed E-state index contributed by atoms with van der Waals surface area (Å²) in [5.41, 5.74) is 6.80. The number of nitrogens with zero attached hydrogens (tertiary/aromatic N) is 2. The van der Waals surface area contributed by atoms with Crippen LogP contribution in [-0.4, -0.2) is 24.3 Å². The maximum absolute atomic E-state index is 12.7. The van der Waals surface area contributed by atoms with Crippen molar-refractivity contribution in [1.29, 1.82) is 0 Å². The number of hydrogen-bond acceptors (Lipinski definition) is 5. The molecule has 0 amide bonds. The quantitative estimate of drug-likeness (QED) is 0.875. The van der Waals surface area contributed by atoms with E-state index in [4.69, 9.17) is 5.73 Å². The van der Waals surface area contributed by atoms with Crippen LogP contribution in [0.15, 0.2) is 33.1 Å². The lowest BCUT2D eigenvalue weighted by Gasteiger charge is -2.26. The molecule has 5 nitrogen and oxygen atoms in total. The monoisotopic (exact) mass is 373 g/mol. The molecule has 0 radical (unpaired) electrons. The second kappa shape index (κ2) is 5.10. The Balaban J connectivity index is 1.99. The van der Waals surface area contributed by atoms with E-state index in [-0.39, 0.29) is 10.7 Å². The Morgan fingerprint density at radius 3 is 3.05 bits per heavy atom. The topological polar surface area (TPSA) is 76.3 Å². The van der Waals surface area contributed by atoms with Gasteiger partial charge in [0.15, 0.2) is 0 Å². The molecule has 0 fully saturated rings. The van der Waals surface area contributed by atoms with Gasteiger partial charge in [-0.15, -0.1) is 11.3 Å². The van der Waals surface area contributed by atoms with E-state index in [2.05, 4.69) is 20.9 Å². The van der Waals surface area contributed by atoms with Crippen LogP contribution in [-0.2, 0) is 23.0 Å². The molecular formula is C12H12BrN3O2S2. The van der Waals surface area contributed by atoms with Gasteiger partial charge < -0.3 is 5.73 Å². The number of aromatic nitrogens is 1. The molecule has 0 aliphatic carbocycles. The van der Waals surface area contributed by atoms with Crippen LogP contribution in [0.3, 0.4) is 0 Å². The second-order valence-electron chi connectivity index (χ2n) is 4.49. The van der Waals surface area contributed by atoms with Gasteiger partial charge in [0.25, 0.3) is 0 Å². The van der Waals surface area contributed by atoms with Crippen LogP contribution < -0.4 is 5.73 Å². The molecule has 106 valence electrons. The van der Waals surface area contributed by atoms with E-state index in [0.717, 1.165) is 12.0 Å². The van der Waals surface area contributed by atoms with Gasteiger partial charge in [-0.3, -0.25) is 0 Å². The molecule has 8 heteroatoms. The minimum atomic E-state index is -3.62. The van der Waals surface area contributed by atoms with Crippen LogP contribution in [0.5, 0.6) is 0 Å². The van der Waals surface area contributed by atoms with Crippen molar-refractivity contribution in [2.45, 2.75) is 17.9 Å². The second-order valence-corrected chi connectivity index (χ2v) is 8.32. The summed E-state index contributed by atoms with van der Waals surface area (Å²) in [5.74, 6) is 0.0318. The molecule has 0 spiro atoms. The van der Waals surface area contributed by atoms with Crippen molar-refractivity contribution in [2.24, 2.45) is 0 Å². The van der Waals surface area contributed by atoms with Crippen LogP contribution >= 0.6 is 27.3 Å². The minimum Gasteiger partial charge on any atom is -0.383 e. The highest BCUT2D eigenvalue weighted by atomic mass is 79.9. The van der Waals surface area contributed by atoms with Gasteiger partial charge in [-0.05, 0) is 45.4 Å². The third-order valence-electron chi connectivity index (χ3n) is 3.24. The van der Waals surface area contributed by atoms with Crippen molar-refractivity contribution in [3.63, 3.8) is 0 Å². The lowest BCUT2D eigenvalue weighted by atomic mass is 10.1. The Morgan fingerprint density at radius 1 is 1.45 bits per heavy atom. The van der Waals surface area contributed by atoms with Gasteiger partial charge in [-0.2, -0.15) is 4.31 Å². The van der Waals surface area contributed by atoms with Crippen molar-refractivity contribution >= 4 is 43.1 Å². The summed E-state index contributed by atoms with van der Waals surface area (Å²) in [7, 11) is -3.62. The molecule has 0 saturated carbocycles. The number of pyridine rings is 1. The molecule has 0 saturated heterocycles. The van der Waals surface area contributed by atoms with Gasteiger partial charge in [0.05, 0.1) is 0 Å². The molecule has 0 atom stereocenters. The van der Waals surface area contributed by atoms with E-state index in [1.165, 1.54) is 21.4 Å². The number of rotatable bonds is 2. The van der Waals surface area contributed by atoms with Crippen LogP contribution in [0.4, 0.5) is 5.82 Å². The Labute approximate surface area is 129 Å². The fourth-order valence-electron chi connectivity index (χ4n) is 2.20. The summed E-state index contributed by atoms with van der Waals surface area (Å²) in [4.78, 5) is 5.22. The fraction of sp³-hybridized carbons (Fsp3) is 0.250. The first-order chi connectivity index (χ1) is 9.48. The lowest BCUT2D eigenvalue weighted by molar-refractivity contribution is 0.394. The fourth-order valence-corrected chi connectivity index (χ4v) is 5.09.